The first-order valence-electron chi connectivity index (χ1n) is 5.11. The molecule has 0 aromatic carbocycles. The summed E-state index contributed by atoms with van der Waals surface area (Å²) >= 11 is 0. The van der Waals surface area contributed by atoms with E-state index in [-0.39, 0.29) is 13.0 Å². The van der Waals surface area contributed by atoms with Crippen molar-refractivity contribution in [3.05, 3.63) is 29.6 Å². The van der Waals surface area contributed by atoms with E-state index in [2.05, 4.69) is 10.3 Å². The van der Waals surface area contributed by atoms with Gasteiger partial charge in [-0.3, -0.25) is 9.78 Å². The van der Waals surface area contributed by atoms with E-state index >= 15 is 0 Å². The second-order valence-electron chi connectivity index (χ2n) is 3.56. The molecule has 1 heterocycles. The molecule has 0 saturated carbocycles. The third kappa shape index (κ3) is 3.84. The highest BCUT2D eigenvalue weighted by Gasteiger charge is 2.19. The minimum absolute atomic E-state index is 0.0274. The monoisotopic (exact) mass is 238 g/mol. The molecule has 1 rings (SSSR count). The van der Waals surface area contributed by atoms with Crippen molar-refractivity contribution in [2.75, 3.05) is 6.61 Å². The topological polar surface area (TPSA) is 99.5 Å². The van der Waals surface area contributed by atoms with Crippen molar-refractivity contribution in [2.45, 2.75) is 19.4 Å². The molecule has 1 atom stereocenters. The van der Waals surface area contributed by atoms with Crippen molar-refractivity contribution in [1.82, 2.24) is 10.3 Å². The Balaban J connectivity index is 2.70. The number of aromatic nitrogens is 1. The molecule has 1 amide bonds. The molecule has 1 aromatic rings. The van der Waals surface area contributed by atoms with Crippen LogP contribution in [0, 0.1) is 6.92 Å². The fourth-order valence-corrected chi connectivity index (χ4v) is 1.23. The zero-order chi connectivity index (χ0) is 12.8. The average molecular weight is 238 g/mol. The molecule has 17 heavy (non-hydrogen) atoms. The molecule has 0 radical (unpaired) electrons. The van der Waals surface area contributed by atoms with E-state index in [1.165, 1.54) is 6.20 Å². The van der Waals surface area contributed by atoms with Gasteiger partial charge in [0.05, 0.1) is 5.56 Å². The molecule has 6 nitrogen and oxygen atoms in total. The van der Waals surface area contributed by atoms with Gasteiger partial charge in [0.1, 0.15) is 6.04 Å². The number of aliphatic hydroxyl groups excluding tert-OH is 1. The molecule has 1 unspecified atom stereocenters. The van der Waals surface area contributed by atoms with Gasteiger partial charge in [-0.1, -0.05) is 0 Å². The van der Waals surface area contributed by atoms with Gasteiger partial charge in [-0.25, -0.2) is 4.79 Å². The van der Waals surface area contributed by atoms with Crippen LogP contribution in [0.3, 0.4) is 0 Å². The van der Waals surface area contributed by atoms with Crippen molar-refractivity contribution >= 4 is 11.9 Å². The summed E-state index contributed by atoms with van der Waals surface area (Å²) in [5, 5.41) is 19.8. The zero-order valence-electron chi connectivity index (χ0n) is 9.38. The number of nitrogens with zero attached hydrogens (tertiary/aromatic N) is 1. The van der Waals surface area contributed by atoms with Gasteiger partial charge in [0.25, 0.3) is 5.91 Å². The van der Waals surface area contributed by atoms with E-state index in [4.69, 9.17) is 10.2 Å². The Bertz CT molecular complexity index is 402. The van der Waals surface area contributed by atoms with Gasteiger partial charge in [-0.05, 0) is 19.1 Å². The van der Waals surface area contributed by atoms with Crippen LogP contribution in [0.25, 0.3) is 0 Å². The summed E-state index contributed by atoms with van der Waals surface area (Å²) in [5.41, 5.74) is 1.06. The van der Waals surface area contributed by atoms with Crippen molar-refractivity contribution in [3.63, 3.8) is 0 Å². The highest BCUT2D eigenvalue weighted by atomic mass is 16.4. The fourth-order valence-electron chi connectivity index (χ4n) is 1.23. The van der Waals surface area contributed by atoms with Crippen molar-refractivity contribution in [2.24, 2.45) is 0 Å². The Kier molecular flexibility index (Phi) is 4.59. The Morgan fingerprint density at radius 2 is 2.18 bits per heavy atom. The van der Waals surface area contributed by atoms with Gasteiger partial charge in [-0.15, -0.1) is 0 Å². The summed E-state index contributed by atoms with van der Waals surface area (Å²) in [7, 11) is 0. The maximum Gasteiger partial charge on any atom is 0.326 e. The van der Waals surface area contributed by atoms with E-state index in [1.54, 1.807) is 19.1 Å². The maximum atomic E-state index is 11.6. The fraction of sp³-hybridized carbons (Fsp3) is 0.364. The number of carboxylic acid groups (broad SMARTS) is 1. The van der Waals surface area contributed by atoms with Crippen LogP contribution in [-0.4, -0.2) is 39.7 Å². The van der Waals surface area contributed by atoms with Gasteiger partial charge >= 0.3 is 5.97 Å². The number of amides is 1. The number of pyridine rings is 1. The number of aryl methyl sites for hydroxylation is 1. The van der Waals surface area contributed by atoms with E-state index < -0.39 is 17.9 Å². The third-order valence-corrected chi connectivity index (χ3v) is 2.19. The molecule has 92 valence electrons. The SMILES string of the molecule is Cc1ccc(C(=O)NC(CCO)C(=O)O)cn1. The Labute approximate surface area is 98.3 Å². The molecule has 0 aliphatic carbocycles. The zero-order valence-corrected chi connectivity index (χ0v) is 9.38. The number of hydrogen-bond donors (Lipinski definition) is 3. The van der Waals surface area contributed by atoms with Crippen molar-refractivity contribution in [3.8, 4) is 0 Å². The lowest BCUT2D eigenvalue weighted by molar-refractivity contribution is -0.139. The molecule has 0 saturated heterocycles. The van der Waals surface area contributed by atoms with E-state index in [9.17, 15) is 9.59 Å². The molecule has 6 heteroatoms. The Morgan fingerprint density at radius 1 is 1.47 bits per heavy atom. The second-order valence-corrected chi connectivity index (χ2v) is 3.56. The van der Waals surface area contributed by atoms with Crippen LogP contribution < -0.4 is 5.32 Å². The maximum absolute atomic E-state index is 11.6. The van der Waals surface area contributed by atoms with Gasteiger partial charge in [0.2, 0.25) is 0 Å². The molecule has 0 spiro atoms. The van der Waals surface area contributed by atoms with E-state index in [1.807, 2.05) is 0 Å². The smallest absolute Gasteiger partial charge is 0.326 e. The first-order chi connectivity index (χ1) is 8.04. The summed E-state index contributed by atoms with van der Waals surface area (Å²) in [6, 6.07) is 2.14. The summed E-state index contributed by atoms with van der Waals surface area (Å²) < 4.78 is 0. The predicted octanol–water partition coefficient (Wildman–Crippen LogP) is -0.0446. The second kappa shape index (κ2) is 5.95. The Hall–Kier alpha value is -1.95. The van der Waals surface area contributed by atoms with Crippen LogP contribution in [0.1, 0.15) is 22.5 Å². The molecule has 0 aliphatic rings. The molecule has 0 bridgehead atoms. The van der Waals surface area contributed by atoms with Crippen molar-refractivity contribution in [1.29, 1.82) is 0 Å². The van der Waals surface area contributed by atoms with Crippen LogP contribution in [0.15, 0.2) is 18.3 Å². The van der Waals surface area contributed by atoms with Gasteiger partial charge in [0, 0.05) is 24.9 Å². The van der Waals surface area contributed by atoms with Crippen LogP contribution in [-0.2, 0) is 4.79 Å². The van der Waals surface area contributed by atoms with Crippen LogP contribution in [0.5, 0.6) is 0 Å². The number of aliphatic hydroxyl groups is 1. The first kappa shape index (κ1) is 13.1. The lowest BCUT2D eigenvalue weighted by atomic mass is 10.2. The summed E-state index contributed by atoms with van der Waals surface area (Å²) in [6.07, 6.45) is 1.35. The molecule has 0 aliphatic heterocycles. The first-order valence-corrected chi connectivity index (χ1v) is 5.11. The van der Waals surface area contributed by atoms with Gasteiger partial charge in [0.15, 0.2) is 0 Å². The number of hydrogen-bond acceptors (Lipinski definition) is 4. The minimum atomic E-state index is -1.17. The van der Waals surface area contributed by atoms with Crippen molar-refractivity contribution < 1.29 is 19.8 Å². The number of carbonyl (C=O) groups excluding carboxylic acids is 1. The van der Waals surface area contributed by atoms with Gasteiger partial charge < -0.3 is 15.5 Å². The lowest BCUT2D eigenvalue weighted by Crippen LogP contribution is -2.41. The molecule has 1 aromatic heterocycles. The predicted molar refractivity (Wildman–Crippen MR) is 59.6 cm³/mol. The molecular formula is C11H14N2O4. The molecule has 0 fully saturated rings. The number of aliphatic carboxylic acids is 1. The van der Waals surface area contributed by atoms with E-state index in [0.29, 0.717) is 5.56 Å². The standard InChI is InChI=1S/C11H14N2O4/c1-7-2-3-8(6-12-7)10(15)13-9(4-5-14)11(16)17/h2-3,6,9,14H,4-5H2,1H3,(H,13,15)(H,16,17). The highest BCUT2D eigenvalue weighted by Crippen LogP contribution is 2.01. The number of carboxylic acids is 1. The highest BCUT2D eigenvalue weighted by molar-refractivity contribution is 5.96. The largest absolute Gasteiger partial charge is 0.480 e. The third-order valence-electron chi connectivity index (χ3n) is 2.19. The minimum Gasteiger partial charge on any atom is -0.480 e. The average Bonchev–Trinajstić information content (AvgIpc) is 2.29. The van der Waals surface area contributed by atoms with Crippen LogP contribution in [0.2, 0.25) is 0 Å². The van der Waals surface area contributed by atoms with E-state index in [0.717, 1.165) is 5.69 Å². The van der Waals surface area contributed by atoms with Gasteiger partial charge in [-0.2, -0.15) is 0 Å². The number of nitrogens with one attached hydrogen (secondary N) is 1. The van der Waals surface area contributed by atoms with Crippen LogP contribution in [0.4, 0.5) is 0 Å². The van der Waals surface area contributed by atoms with Crippen LogP contribution >= 0.6 is 0 Å². The Morgan fingerprint density at radius 3 is 2.65 bits per heavy atom. The quantitative estimate of drug-likeness (QED) is 0.668. The summed E-state index contributed by atoms with van der Waals surface area (Å²) in [4.78, 5) is 26.4. The number of rotatable bonds is 5. The number of carbonyl (C=O) groups is 2. The molecular weight excluding hydrogens is 224 g/mol. The molecule has 3 N–H and O–H groups in total. The summed E-state index contributed by atoms with van der Waals surface area (Å²) in [5.74, 6) is -1.69. The normalized spacial score (nSPS) is 11.9. The summed E-state index contributed by atoms with van der Waals surface area (Å²) in [6.45, 7) is 1.48. The lowest BCUT2D eigenvalue weighted by Gasteiger charge is -2.12.